The highest BCUT2D eigenvalue weighted by molar-refractivity contribution is 6.90. The molecule has 2 aliphatic heterocycles. The van der Waals surface area contributed by atoms with E-state index in [1.165, 1.54) is 12.3 Å². The number of pyridine rings is 2. The first-order valence-corrected chi connectivity index (χ1v) is 26.4. The van der Waals surface area contributed by atoms with Crippen LogP contribution in [0.3, 0.4) is 0 Å². The van der Waals surface area contributed by atoms with E-state index in [2.05, 4.69) is 58.0 Å². The van der Waals surface area contributed by atoms with Gasteiger partial charge < -0.3 is 28.6 Å². The number of benzene rings is 1. The zero-order valence-electron chi connectivity index (χ0n) is 43.7. The maximum absolute atomic E-state index is 18.1. The largest absolute Gasteiger partial charge is 0.463 e. The summed E-state index contributed by atoms with van der Waals surface area (Å²) in [4.78, 5) is 77.5. The van der Waals surface area contributed by atoms with Gasteiger partial charge in [0.1, 0.15) is 47.7 Å². The molecule has 378 valence electrons. The van der Waals surface area contributed by atoms with E-state index < -0.39 is 61.6 Å². The van der Waals surface area contributed by atoms with E-state index in [4.69, 9.17) is 38.6 Å². The molecule has 70 heavy (non-hydrogen) atoms. The zero-order valence-corrected chi connectivity index (χ0v) is 44.7. The lowest BCUT2D eigenvalue weighted by Gasteiger charge is -2.42. The molecule has 4 aromatic rings. The fourth-order valence-corrected chi connectivity index (χ4v) is 14.9. The predicted molar refractivity (Wildman–Crippen MR) is 270 cm³/mol. The minimum Gasteiger partial charge on any atom is -0.463 e. The molecule has 2 fully saturated rings. The Kier molecular flexibility index (Phi) is 15.5. The van der Waals surface area contributed by atoms with Gasteiger partial charge in [-0.1, -0.05) is 53.5 Å². The van der Waals surface area contributed by atoms with E-state index >= 15 is 4.39 Å². The molecule has 0 saturated carbocycles. The topological polar surface area (TPSA) is 176 Å². The summed E-state index contributed by atoms with van der Waals surface area (Å²) < 4.78 is 46.3. The van der Waals surface area contributed by atoms with Gasteiger partial charge in [0.2, 0.25) is 0 Å². The molecule has 2 saturated heterocycles. The first kappa shape index (κ1) is 53.3. The van der Waals surface area contributed by atoms with Crippen LogP contribution in [0.1, 0.15) is 129 Å². The normalized spacial score (nSPS) is 16.4. The molecule has 2 bridgehead atoms. The van der Waals surface area contributed by atoms with Crippen LogP contribution in [0.4, 0.5) is 30.4 Å². The number of fused-ring (bicyclic) bond motifs is 4. The fraction of sp³-hybridized carbons (Fsp3) is 0.577. The number of amides is 3. The molecule has 1 aromatic carbocycles. The van der Waals surface area contributed by atoms with E-state index in [1.54, 1.807) is 65.5 Å². The smallest absolute Gasteiger partial charge is 0.425 e. The van der Waals surface area contributed by atoms with Crippen LogP contribution in [0.2, 0.25) is 16.6 Å². The van der Waals surface area contributed by atoms with Crippen LogP contribution >= 0.6 is 0 Å². The maximum atomic E-state index is 18.1. The Morgan fingerprint density at radius 1 is 0.829 bits per heavy atom. The minimum absolute atomic E-state index is 0.115. The Bertz CT molecular complexity index is 2650. The summed E-state index contributed by atoms with van der Waals surface area (Å²) in [5.41, 5.74) is 2.51. The van der Waals surface area contributed by atoms with Crippen molar-refractivity contribution < 1.29 is 47.3 Å². The number of carbonyl (C=O) groups is 4. The molecule has 2 atom stereocenters. The summed E-state index contributed by atoms with van der Waals surface area (Å²) in [6.07, 6.45) is 0.366. The van der Waals surface area contributed by atoms with Gasteiger partial charge in [-0.25, -0.2) is 28.6 Å². The molecule has 3 amide bonds. The zero-order chi connectivity index (χ0) is 51.8. The van der Waals surface area contributed by atoms with Crippen molar-refractivity contribution in [1.82, 2.24) is 24.8 Å². The number of ether oxygens (including phenoxy) is 5. The third-order valence-corrected chi connectivity index (χ3v) is 18.7. The van der Waals surface area contributed by atoms with Crippen molar-refractivity contribution in [2.24, 2.45) is 0 Å². The van der Waals surface area contributed by atoms with Crippen LogP contribution in [-0.2, 0) is 23.7 Å². The number of aromatic nitrogens is 4. The second-order valence-corrected chi connectivity index (χ2v) is 27.5. The Balaban J connectivity index is 1.63. The standard InChI is InChI=1S/C52H70FN7O9Si/c1-17-65-40(61)29-66-46-56-44-37(45(57-46)58-27-34-21-22-35(28-58)59(34)47(62)67-50(8,9)10)26-54-43(42(44)53)36-25-39(60(48(63)68-51(11,12)13)49(64)69-52(14,15)16)55-38-20-18-19-33(41(36)38)23-24-70(30(2)3,31(4)5)32(6)7/h18-20,25-26,30-32,34-35H,17,21-22,27-29H2,1-16H3/t34-,35+. The number of hydrogen-bond donors (Lipinski definition) is 0. The van der Waals surface area contributed by atoms with Gasteiger partial charge in [-0.3, -0.25) is 9.88 Å². The van der Waals surface area contributed by atoms with Crippen LogP contribution in [0, 0.1) is 17.3 Å². The molecular formula is C52H70FN7O9Si. The number of rotatable bonds is 10. The van der Waals surface area contributed by atoms with Gasteiger partial charge in [0, 0.05) is 35.8 Å². The van der Waals surface area contributed by atoms with Crippen molar-refractivity contribution in [1.29, 1.82) is 0 Å². The summed E-state index contributed by atoms with van der Waals surface area (Å²) in [6.45, 7) is 30.7. The number of carbonyl (C=O) groups excluding carboxylic acids is 4. The molecule has 2 aliphatic rings. The first-order chi connectivity index (χ1) is 32.5. The highest BCUT2D eigenvalue weighted by Crippen LogP contribution is 2.43. The van der Waals surface area contributed by atoms with Crippen LogP contribution in [-0.4, -0.2) is 112 Å². The van der Waals surface area contributed by atoms with Crippen molar-refractivity contribution in [3.63, 3.8) is 0 Å². The highest BCUT2D eigenvalue weighted by Gasteiger charge is 2.46. The van der Waals surface area contributed by atoms with E-state index in [0.717, 1.165) is 0 Å². The number of hydrogen-bond acceptors (Lipinski definition) is 14. The van der Waals surface area contributed by atoms with Gasteiger partial charge in [-0.15, -0.1) is 5.54 Å². The average Bonchev–Trinajstić information content (AvgIpc) is 3.50. The molecule has 0 radical (unpaired) electrons. The van der Waals surface area contributed by atoms with E-state index in [9.17, 15) is 19.2 Å². The SMILES string of the molecule is CCOC(=O)COc1nc(N2C[C@H]3CC[C@@H](C2)N3C(=O)OC(C)(C)C)c2cnc(-c3cc(N(C(=O)OC(C)(C)C)C(=O)OC(C)(C)C)nc4cccc(C#C[Si](C(C)C)(C(C)C)C(C)C)c34)c(F)c2n1. The molecule has 6 rings (SSSR count). The number of esters is 1. The molecule has 0 spiro atoms. The number of halogens is 1. The first-order valence-electron chi connectivity index (χ1n) is 24.2. The molecule has 16 nitrogen and oxygen atoms in total. The maximum Gasteiger partial charge on any atom is 0.425 e. The lowest BCUT2D eigenvalue weighted by atomic mass is 9.99. The van der Waals surface area contributed by atoms with Crippen LogP contribution in [0.5, 0.6) is 6.01 Å². The van der Waals surface area contributed by atoms with Crippen LogP contribution < -0.4 is 14.5 Å². The van der Waals surface area contributed by atoms with Crippen molar-refractivity contribution in [3.05, 3.63) is 41.8 Å². The Morgan fingerprint density at radius 2 is 1.40 bits per heavy atom. The van der Waals surface area contributed by atoms with Crippen LogP contribution in [0.15, 0.2) is 30.5 Å². The van der Waals surface area contributed by atoms with Crippen molar-refractivity contribution in [3.8, 4) is 28.7 Å². The summed E-state index contributed by atoms with van der Waals surface area (Å²) in [5, 5.41) is 0.652. The number of piperazine rings is 1. The summed E-state index contributed by atoms with van der Waals surface area (Å²) in [5.74, 6) is 2.03. The monoisotopic (exact) mass is 983 g/mol. The molecule has 0 aliphatic carbocycles. The lowest BCUT2D eigenvalue weighted by Crippen LogP contribution is -2.57. The highest BCUT2D eigenvalue weighted by atomic mass is 28.3. The van der Waals surface area contributed by atoms with E-state index in [0.29, 0.717) is 58.4 Å². The molecule has 0 unspecified atom stereocenters. The second kappa shape index (κ2) is 20.3. The van der Waals surface area contributed by atoms with Gasteiger partial charge in [0.05, 0.1) is 29.6 Å². The molecule has 5 heterocycles. The minimum atomic E-state index is -2.32. The van der Waals surface area contributed by atoms with Gasteiger partial charge in [-0.2, -0.15) is 14.9 Å². The molecule has 0 N–H and O–H groups in total. The average molecular weight is 984 g/mol. The van der Waals surface area contributed by atoms with Gasteiger partial charge in [-0.05, 0) is 117 Å². The molecular weight excluding hydrogens is 914 g/mol. The summed E-state index contributed by atoms with van der Waals surface area (Å²) in [6, 6.07) is 5.95. The predicted octanol–water partition coefficient (Wildman–Crippen LogP) is 11.2. The summed E-state index contributed by atoms with van der Waals surface area (Å²) >= 11 is 0. The molecule has 18 heteroatoms. The Morgan fingerprint density at radius 3 is 1.93 bits per heavy atom. The van der Waals surface area contributed by atoms with Crippen molar-refractivity contribution in [2.45, 2.75) is 169 Å². The van der Waals surface area contributed by atoms with E-state index in [1.807, 2.05) is 31.7 Å². The second-order valence-electron chi connectivity index (χ2n) is 22.0. The Hall–Kier alpha value is -6.09. The number of nitrogens with zero attached hydrogens (tertiary/aromatic N) is 7. The number of imide groups is 1. The Labute approximate surface area is 412 Å². The number of anilines is 2. The summed E-state index contributed by atoms with van der Waals surface area (Å²) in [7, 11) is -2.32. The van der Waals surface area contributed by atoms with Crippen molar-refractivity contribution in [2.75, 3.05) is 36.1 Å². The van der Waals surface area contributed by atoms with Gasteiger partial charge >= 0.3 is 30.3 Å². The van der Waals surface area contributed by atoms with Crippen LogP contribution in [0.25, 0.3) is 33.1 Å². The fourth-order valence-electron chi connectivity index (χ4n) is 9.69. The third kappa shape index (κ3) is 11.6. The lowest BCUT2D eigenvalue weighted by molar-refractivity contribution is -0.145. The third-order valence-electron chi connectivity index (χ3n) is 12.4. The quantitative estimate of drug-likeness (QED) is 0.0635. The van der Waals surface area contributed by atoms with E-state index in [-0.39, 0.29) is 64.0 Å². The van der Waals surface area contributed by atoms with Gasteiger partial charge in [0.15, 0.2) is 12.4 Å². The molecule has 3 aromatic heterocycles. The van der Waals surface area contributed by atoms with Gasteiger partial charge in [0.25, 0.3) is 0 Å². The van der Waals surface area contributed by atoms with Crippen molar-refractivity contribution >= 4 is 65.8 Å².